The molecule has 1 N–H and O–H groups in total. The zero-order chi connectivity index (χ0) is 12.6. The van der Waals surface area contributed by atoms with Gasteiger partial charge in [0.2, 0.25) is 0 Å². The second-order valence-electron chi connectivity index (χ2n) is 4.99. The fraction of sp³-hybridized carbons (Fsp3) is 0.538. The Morgan fingerprint density at radius 1 is 1.29 bits per heavy atom. The number of halogens is 2. The molecule has 17 heavy (non-hydrogen) atoms. The predicted molar refractivity (Wildman–Crippen MR) is 63.2 cm³/mol. The number of anilines is 1. The highest BCUT2D eigenvalue weighted by molar-refractivity contribution is 5.54. The minimum absolute atomic E-state index is 0.286. The fourth-order valence-corrected chi connectivity index (χ4v) is 2.03. The van der Waals surface area contributed by atoms with Crippen molar-refractivity contribution in [1.82, 2.24) is 0 Å². The first-order chi connectivity index (χ1) is 7.93. The van der Waals surface area contributed by atoms with Crippen molar-refractivity contribution in [1.29, 1.82) is 0 Å². The molecule has 0 radical (unpaired) electrons. The minimum atomic E-state index is -0.831. The van der Waals surface area contributed by atoms with Crippen LogP contribution in [0.5, 0.6) is 0 Å². The molecule has 0 atom stereocenters. The molecule has 0 amide bonds. The number of rotatable bonds is 4. The highest BCUT2D eigenvalue weighted by Gasteiger charge is 2.39. The first-order valence-corrected chi connectivity index (χ1v) is 5.79. The number of hydrogen-bond acceptors (Lipinski definition) is 2. The predicted octanol–water partition coefficient (Wildman–Crippen LogP) is 2.49. The van der Waals surface area contributed by atoms with E-state index in [-0.39, 0.29) is 5.69 Å². The number of benzene rings is 1. The van der Waals surface area contributed by atoms with E-state index in [0.29, 0.717) is 12.8 Å². The first-order valence-electron chi connectivity index (χ1n) is 5.79. The normalized spacial score (nSPS) is 17.0. The van der Waals surface area contributed by atoms with Crippen LogP contribution in [0, 0.1) is 11.6 Å². The molecule has 2 nitrogen and oxygen atoms in total. The van der Waals surface area contributed by atoms with Crippen LogP contribution in [0.25, 0.3) is 0 Å². The van der Waals surface area contributed by atoms with Gasteiger partial charge in [-0.15, -0.1) is 0 Å². The third-order valence-electron chi connectivity index (χ3n) is 3.29. The molecule has 1 aromatic carbocycles. The van der Waals surface area contributed by atoms with Crippen molar-refractivity contribution in [3.63, 3.8) is 0 Å². The highest BCUT2D eigenvalue weighted by atomic mass is 19.2. The Labute approximate surface area is 99.9 Å². The lowest BCUT2D eigenvalue weighted by Gasteiger charge is -2.19. The molecule has 0 unspecified atom stereocenters. The van der Waals surface area contributed by atoms with E-state index in [9.17, 15) is 13.9 Å². The van der Waals surface area contributed by atoms with Crippen LogP contribution >= 0.6 is 0 Å². The Balaban J connectivity index is 2.23. The van der Waals surface area contributed by atoms with Gasteiger partial charge in [0.05, 0.1) is 11.3 Å². The van der Waals surface area contributed by atoms with E-state index in [1.165, 1.54) is 0 Å². The number of aryl methyl sites for hydroxylation is 1. The van der Waals surface area contributed by atoms with E-state index in [1.807, 2.05) is 0 Å². The Kier molecular flexibility index (Phi) is 3.08. The van der Waals surface area contributed by atoms with Gasteiger partial charge in [-0.25, -0.2) is 8.78 Å². The molecule has 0 heterocycles. The van der Waals surface area contributed by atoms with Crippen molar-refractivity contribution in [2.45, 2.75) is 31.3 Å². The van der Waals surface area contributed by atoms with Crippen molar-refractivity contribution < 1.29 is 13.9 Å². The maximum Gasteiger partial charge on any atom is 0.182 e. The molecule has 1 fully saturated rings. The summed E-state index contributed by atoms with van der Waals surface area (Å²) in [6.07, 6.45) is 2.81. The van der Waals surface area contributed by atoms with Gasteiger partial charge in [-0.1, -0.05) is 6.07 Å². The largest absolute Gasteiger partial charge is 0.390 e. The minimum Gasteiger partial charge on any atom is -0.390 e. The summed E-state index contributed by atoms with van der Waals surface area (Å²) in [5, 5.41) is 9.76. The van der Waals surface area contributed by atoms with Crippen molar-refractivity contribution in [3.8, 4) is 0 Å². The lowest BCUT2D eigenvalue weighted by molar-refractivity contribution is 0.140. The number of hydrogen-bond donors (Lipinski definition) is 1. The average Bonchev–Trinajstić information content (AvgIpc) is 2.98. The van der Waals surface area contributed by atoms with Gasteiger partial charge in [-0.2, -0.15) is 0 Å². The Hall–Kier alpha value is -1.16. The Morgan fingerprint density at radius 2 is 1.94 bits per heavy atom. The van der Waals surface area contributed by atoms with Crippen molar-refractivity contribution in [2.24, 2.45) is 0 Å². The topological polar surface area (TPSA) is 23.5 Å². The number of aliphatic hydroxyl groups is 1. The molecule has 0 saturated heterocycles. The van der Waals surface area contributed by atoms with E-state index < -0.39 is 17.2 Å². The Morgan fingerprint density at radius 3 is 2.47 bits per heavy atom. The third-order valence-corrected chi connectivity index (χ3v) is 3.29. The molecule has 1 aliphatic rings. The lowest BCUT2D eigenvalue weighted by atomic mass is 10.0. The molecule has 1 saturated carbocycles. The van der Waals surface area contributed by atoms with E-state index in [2.05, 4.69) is 0 Å². The summed E-state index contributed by atoms with van der Waals surface area (Å²) in [4.78, 5) is 1.57. The van der Waals surface area contributed by atoms with Crippen LogP contribution in [0.15, 0.2) is 12.1 Å². The summed E-state index contributed by atoms with van der Waals surface area (Å²) < 4.78 is 26.8. The standard InChI is InChI=1S/C13H17F2NO/c1-16(2)12-9(3-4-10(14)11(12)15)5-6-13(17)7-8-13/h3-4,17H,5-8H2,1-2H3. The van der Waals surface area contributed by atoms with Crippen LogP contribution in [-0.4, -0.2) is 24.8 Å². The highest BCUT2D eigenvalue weighted by Crippen LogP contribution is 2.40. The van der Waals surface area contributed by atoms with Crippen LogP contribution in [-0.2, 0) is 6.42 Å². The molecule has 2 rings (SSSR count). The van der Waals surface area contributed by atoms with Crippen LogP contribution in [0.3, 0.4) is 0 Å². The third kappa shape index (κ3) is 2.57. The zero-order valence-electron chi connectivity index (χ0n) is 10.1. The fourth-order valence-electron chi connectivity index (χ4n) is 2.03. The summed E-state index contributed by atoms with van der Waals surface area (Å²) in [5.74, 6) is -1.64. The van der Waals surface area contributed by atoms with Gasteiger partial charge in [-0.3, -0.25) is 0 Å². The number of nitrogens with zero attached hydrogens (tertiary/aromatic N) is 1. The molecule has 1 aliphatic carbocycles. The van der Waals surface area contributed by atoms with Crippen LogP contribution in [0.4, 0.5) is 14.5 Å². The Bertz CT molecular complexity index is 428. The summed E-state index contributed by atoms with van der Waals surface area (Å²) in [6, 6.07) is 2.74. The molecule has 0 bridgehead atoms. The summed E-state index contributed by atoms with van der Waals surface area (Å²) in [5.41, 5.74) is 0.470. The smallest absolute Gasteiger partial charge is 0.182 e. The van der Waals surface area contributed by atoms with E-state index in [0.717, 1.165) is 24.5 Å². The summed E-state index contributed by atoms with van der Waals surface area (Å²) in [7, 11) is 3.38. The molecule has 0 aromatic heterocycles. The van der Waals surface area contributed by atoms with E-state index >= 15 is 0 Å². The van der Waals surface area contributed by atoms with Gasteiger partial charge < -0.3 is 10.0 Å². The van der Waals surface area contributed by atoms with Gasteiger partial charge in [-0.05, 0) is 37.3 Å². The maximum atomic E-state index is 13.7. The average molecular weight is 241 g/mol. The lowest BCUT2D eigenvalue weighted by Crippen LogP contribution is -2.16. The van der Waals surface area contributed by atoms with Crippen LogP contribution in [0.2, 0.25) is 0 Å². The monoisotopic (exact) mass is 241 g/mol. The van der Waals surface area contributed by atoms with Gasteiger partial charge in [0.15, 0.2) is 11.6 Å². The summed E-state index contributed by atoms with van der Waals surface area (Å²) >= 11 is 0. The first kappa shape index (κ1) is 12.3. The second kappa shape index (κ2) is 4.26. The quantitative estimate of drug-likeness (QED) is 0.875. The molecule has 0 spiro atoms. The van der Waals surface area contributed by atoms with Gasteiger partial charge >= 0.3 is 0 Å². The van der Waals surface area contributed by atoms with Crippen LogP contribution in [0.1, 0.15) is 24.8 Å². The molecular weight excluding hydrogens is 224 g/mol. The summed E-state index contributed by atoms with van der Waals surface area (Å²) in [6.45, 7) is 0. The SMILES string of the molecule is CN(C)c1c(CCC2(O)CC2)ccc(F)c1F. The van der Waals surface area contributed by atoms with Gasteiger partial charge in [0.25, 0.3) is 0 Å². The van der Waals surface area contributed by atoms with E-state index in [4.69, 9.17) is 0 Å². The second-order valence-corrected chi connectivity index (χ2v) is 4.99. The molecule has 1 aromatic rings. The maximum absolute atomic E-state index is 13.7. The van der Waals surface area contributed by atoms with Gasteiger partial charge in [0.1, 0.15) is 0 Å². The molecule has 0 aliphatic heterocycles. The zero-order valence-corrected chi connectivity index (χ0v) is 10.1. The van der Waals surface area contributed by atoms with Crippen LogP contribution < -0.4 is 4.90 Å². The van der Waals surface area contributed by atoms with E-state index in [1.54, 1.807) is 25.1 Å². The van der Waals surface area contributed by atoms with Crippen molar-refractivity contribution in [3.05, 3.63) is 29.3 Å². The van der Waals surface area contributed by atoms with Gasteiger partial charge in [0, 0.05) is 14.1 Å². The molecule has 4 heteroatoms. The van der Waals surface area contributed by atoms with Crippen molar-refractivity contribution in [2.75, 3.05) is 19.0 Å². The molecule has 94 valence electrons. The van der Waals surface area contributed by atoms with Crippen molar-refractivity contribution >= 4 is 5.69 Å². The molecular formula is C13H17F2NO.